The molecule has 7 nitrogen and oxygen atoms in total. The summed E-state index contributed by atoms with van der Waals surface area (Å²) in [6.45, 7) is 11.4. The van der Waals surface area contributed by atoms with Crippen LogP contribution in [0.1, 0.15) is 24.4 Å². The van der Waals surface area contributed by atoms with E-state index in [0.29, 0.717) is 35.9 Å². The lowest BCUT2D eigenvalue weighted by Crippen LogP contribution is -2.50. The van der Waals surface area contributed by atoms with Gasteiger partial charge < -0.3 is 9.84 Å². The van der Waals surface area contributed by atoms with E-state index in [1.165, 1.54) is 6.07 Å². The molecule has 8 heteroatoms. The monoisotopic (exact) mass is 387 g/mol. The maximum atomic E-state index is 13.8. The molecule has 1 amide bonds. The molecule has 2 heterocycles. The molecule has 1 fully saturated rings. The van der Waals surface area contributed by atoms with Gasteiger partial charge in [-0.15, -0.1) is 6.58 Å². The van der Waals surface area contributed by atoms with Crippen LogP contribution >= 0.6 is 0 Å². The Morgan fingerprint density at radius 2 is 2.14 bits per heavy atom. The van der Waals surface area contributed by atoms with Crippen molar-refractivity contribution >= 4 is 5.91 Å². The molecule has 0 aliphatic carbocycles. The summed E-state index contributed by atoms with van der Waals surface area (Å²) in [5.74, 6) is 0.616. The van der Waals surface area contributed by atoms with E-state index in [2.05, 4.69) is 31.8 Å². The highest BCUT2D eigenvalue weighted by Crippen LogP contribution is 2.24. The van der Waals surface area contributed by atoms with Crippen LogP contribution in [0.2, 0.25) is 0 Å². The summed E-state index contributed by atoms with van der Waals surface area (Å²) in [4.78, 5) is 20.6. The van der Waals surface area contributed by atoms with E-state index in [4.69, 9.17) is 4.52 Å². The Balaban J connectivity index is 1.56. The smallest absolute Gasteiger partial charge is 0.244 e. The third kappa shape index (κ3) is 4.82. The van der Waals surface area contributed by atoms with E-state index in [1.807, 2.05) is 6.92 Å². The zero-order valence-corrected chi connectivity index (χ0v) is 16.3. The van der Waals surface area contributed by atoms with Crippen LogP contribution in [0.15, 0.2) is 35.4 Å². The number of carbonyl (C=O) groups is 1. The molecular weight excluding hydrogens is 361 g/mol. The molecule has 1 unspecified atom stereocenters. The average molecular weight is 387 g/mol. The van der Waals surface area contributed by atoms with E-state index in [-0.39, 0.29) is 17.8 Å². The second-order valence-corrected chi connectivity index (χ2v) is 7.00. The highest BCUT2D eigenvalue weighted by atomic mass is 19.1. The van der Waals surface area contributed by atoms with Crippen molar-refractivity contribution < 1.29 is 13.7 Å². The molecule has 1 aliphatic heterocycles. The normalized spacial score (nSPS) is 16.7. The standard InChI is InChI=1S/C20H26FN5O2/c1-4-7-22-18(27)13-25-8-10-26(11-9-25)15(3)20-23-19(24-28-20)16-6-5-14(2)17(21)12-16/h4-6,12,15H,1,7-11,13H2,2-3H3,(H,22,27). The van der Waals surface area contributed by atoms with Crippen molar-refractivity contribution in [1.29, 1.82) is 0 Å². The average Bonchev–Trinajstić information content (AvgIpc) is 3.19. The van der Waals surface area contributed by atoms with Crippen LogP contribution in [-0.2, 0) is 4.79 Å². The number of aryl methyl sites for hydroxylation is 1. The predicted molar refractivity (Wildman–Crippen MR) is 104 cm³/mol. The van der Waals surface area contributed by atoms with Gasteiger partial charge in [0.05, 0.1) is 12.6 Å². The second kappa shape index (κ2) is 9.07. The maximum Gasteiger partial charge on any atom is 0.244 e. The van der Waals surface area contributed by atoms with Gasteiger partial charge in [-0.25, -0.2) is 4.39 Å². The van der Waals surface area contributed by atoms with Gasteiger partial charge in [-0.2, -0.15) is 4.98 Å². The van der Waals surface area contributed by atoms with Gasteiger partial charge in [0, 0.05) is 38.3 Å². The molecule has 28 heavy (non-hydrogen) atoms. The molecule has 1 saturated heterocycles. The van der Waals surface area contributed by atoms with Crippen molar-refractivity contribution in [2.45, 2.75) is 19.9 Å². The highest BCUT2D eigenvalue weighted by Gasteiger charge is 2.26. The minimum absolute atomic E-state index is 0.00766. The second-order valence-electron chi connectivity index (χ2n) is 7.00. The minimum atomic E-state index is -0.287. The molecule has 1 atom stereocenters. The van der Waals surface area contributed by atoms with Crippen LogP contribution in [0.5, 0.6) is 0 Å². The Labute approximate surface area is 164 Å². The van der Waals surface area contributed by atoms with Crippen molar-refractivity contribution in [3.8, 4) is 11.4 Å². The fourth-order valence-electron chi connectivity index (χ4n) is 3.16. The first-order chi connectivity index (χ1) is 13.5. The van der Waals surface area contributed by atoms with Gasteiger partial charge >= 0.3 is 0 Å². The summed E-state index contributed by atoms with van der Waals surface area (Å²) < 4.78 is 19.2. The number of benzene rings is 1. The third-order valence-electron chi connectivity index (χ3n) is 4.99. The topological polar surface area (TPSA) is 74.5 Å². The summed E-state index contributed by atoms with van der Waals surface area (Å²) in [7, 11) is 0. The van der Waals surface area contributed by atoms with Gasteiger partial charge in [-0.05, 0) is 25.5 Å². The van der Waals surface area contributed by atoms with E-state index < -0.39 is 0 Å². The molecule has 0 bridgehead atoms. The SMILES string of the molecule is C=CCNC(=O)CN1CCN(C(C)c2nc(-c3ccc(C)c(F)c3)no2)CC1. The number of amides is 1. The molecule has 0 saturated carbocycles. The third-order valence-corrected chi connectivity index (χ3v) is 4.99. The van der Waals surface area contributed by atoms with E-state index in [1.54, 1.807) is 25.1 Å². The summed E-state index contributed by atoms with van der Waals surface area (Å²) in [5.41, 5.74) is 1.18. The van der Waals surface area contributed by atoms with Crippen LogP contribution in [-0.4, -0.2) is 65.1 Å². The molecule has 1 aromatic carbocycles. The number of piperazine rings is 1. The number of aromatic nitrogens is 2. The Hall–Kier alpha value is -2.58. The zero-order chi connectivity index (χ0) is 20.1. The number of nitrogens with zero attached hydrogens (tertiary/aromatic N) is 4. The summed E-state index contributed by atoms with van der Waals surface area (Å²) >= 11 is 0. The van der Waals surface area contributed by atoms with Gasteiger partial charge in [-0.3, -0.25) is 14.6 Å². The lowest BCUT2D eigenvalue weighted by molar-refractivity contribution is -0.122. The number of hydrogen-bond donors (Lipinski definition) is 1. The summed E-state index contributed by atoms with van der Waals surface area (Å²) in [6.07, 6.45) is 1.67. The lowest BCUT2D eigenvalue weighted by Gasteiger charge is -2.36. The van der Waals surface area contributed by atoms with Crippen molar-refractivity contribution in [3.05, 3.63) is 48.1 Å². The fraction of sp³-hybridized carbons (Fsp3) is 0.450. The van der Waals surface area contributed by atoms with Gasteiger partial charge in [0.15, 0.2) is 0 Å². The molecule has 1 aliphatic rings. The molecule has 2 aromatic rings. The number of rotatable bonds is 7. The molecule has 1 aromatic heterocycles. The first kappa shape index (κ1) is 20.2. The van der Waals surface area contributed by atoms with E-state index >= 15 is 0 Å². The molecular formula is C20H26FN5O2. The predicted octanol–water partition coefficient (Wildman–Crippen LogP) is 2.16. The zero-order valence-electron chi connectivity index (χ0n) is 16.3. The van der Waals surface area contributed by atoms with E-state index in [9.17, 15) is 9.18 Å². The van der Waals surface area contributed by atoms with E-state index in [0.717, 1.165) is 26.2 Å². The van der Waals surface area contributed by atoms with Crippen molar-refractivity contribution in [1.82, 2.24) is 25.3 Å². The van der Waals surface area contributed by atoms with Crippen LogP contribution < -0.4 is 5.32 Å². The lowest BCUT2D eigenvalue weighted by atomic mass is 10.1. The first-order valence-corrected chi connectivity index (χ1v) is 9.42. The number of carbonyl (C=O) groups excluding carboxylic acids is 1. The Bertz CT molecular complexity index is 830. The number of hydrogen-bond acceptors (Lipinski definition) is 6. The molecule has 0 radical (unpaired) electrons. The van der Waals surface area contributed by atoms with Crippen LogP contribution in [0.3, 0.4) is 0 Å². The molecule has 1 N–H and O–H groups in total. The van der Waals surface area contributed by atoms with Crippen LogP contribution in [0.4, 0.5) is 4.39 Å². The number of nitrogens with one attached hydrogen (secondary N) is 1. The summed E-state index contributed by atoms with van der Waals surface area (Å²) in [5, 5.41) is 6.80. The van der Waals surface area contributed by atoms with Gasteiger partial charge in [0.2, 0.25) is 17.6 Å². The quantitative estimate of drug-likeness (QED) is 0.734. The Morgan fingerprint density at radius 1 is 1.39 bits per heavy atom. The maximum absolute atomic E-state index is 13.8. The fourth-order valence-corrected chi connectivity index (χ4v) is 3.16. The van der Waals surface area contributed by atoms with Crippen LogP contribution in [0, 0.1) is 12.7 Å². The number of halogens is 1. The molecule has 3 rings (SSSR count). The molecule has 0 spiro atoms. The largest absolute Gasteiger partial charge is 0.352 e. The van der Waals surface area contributed by atoms with Gasteiger partial charge in [0.25, 0.3) is 0 Å². The van der Waals surface area contributed by atoms with Crippen molar-refractivity contribution in [3.63, 3.8) is 0 Å². The van der Waals surface area contributed by atoms with Gasteiger partial charge in [0.1, 0.15) is 5.82 Å². The molecule has 150 valence electrons. The van der Waals surface area contributed by atoms with Crippen LogP contribution in [0.25, 0.3) is 11.4 Å². The van der Waals surface area contributed by atoms with Gasteiger partial charge in [-0.1, -0.05) is 23.4 Å². The minimum Gasteiger partial charge on any atom is -0.352 e. The first-order valence-electron chi connectivity index (χ1n) is 9.42. The summed E-state index contributed by atoms with van der Waals surface area (Å²) in [6, 6.07) is 4.86. The Kier molecular flexibility index (Phi) is 6.53. The Morgan fingerprint density at radius 3 is 2.82 bits per heavy atom. The highest BCUT2D eigenvalue weighted by molar-refractivity contribution is 5.78. The van der Waals surface area contributed by atoms with Crippen molar-refractivity contribution in [2.24, 2.45) is 0 Å². The van der Waals surface area contributed by atoms with Crippen molar-refractivity contribution in [2.75, 3.05) is 39.3 Å².